The average molecular weight is 382 g/mol. The highest BCUT2D eigenvalue weighted by atomic mass is 19.1. The van der Waals surface area contributed by atoms with Gasteiger partial charge in [-0.25, -0.2) is 8.78 Å². The van der Waals surface area contributed by atoms with E-state index in [1.165, 1.54) is 12.0 Å². The summed E-state index contributed by atoms with van der Waals surface area (Å²) < 4.78 is 38.2. The van der Waals surface area contributed by atoms with Crippen molar-refractivity contribution in [3.8, 4) is 0 Å². The predicted octanol–water partition coefficient (Wildman–Crippen LogP) is 2.23. The number of nitrogens with zero attached hydrogens (tertiary/aromatic N) is 1. The van der Waals surface area contributed by atoms with Gasteiger partial charge in [0.1, 0.15) is 23.4 Å². The molecule has 1 aliphatic carbocycles. The Kier molecular flexibility index (Phi) is 6.06. The van der Waals surface area contributed by atoms with Crippen molar-refractivity contribution >= 4 is 11.8 Å². The van der Waals surface area contributed by atoms with E-state index in [0.717, 1.165) is 31.4 Å². The monoisotopic (exact) mass is 382 g/mol. The maximum atomic E-state index is 13.6. The van der Waals surface area contributed by atoms with Crippen molar-refractivity contribution in [1.82, 2.24) is 10.2 Å². The third-order valence-corrected chi connectivity index (χ3v) is 5.13. The van der Waals surface area contributed by atoms with Crippen LogP contribution in [0, 0.1) is 11.6 Å². The minimum atomic E-state index is -0.901. The third-order valence-electron chi connectivity index (χ3n) is 5.13. The van der Waals surface area contributed by atoms with Crippen molar-refractivity contribution in [3.05, 3.63) is 35.4 Å². The molecule has 1 aromatic rings. The number of hydrogen-bond acceptors (Lipinski definition) is 4. The van der Waals surface area contributed by atoms with Crippen molar-refractivity contribution in [1.29, 1.82) is 0 Å². The highest BCUT2D eigenvalue weighted by Crippen LogP contribution is 2.41. The van der Waals surface area contributed by atoms with Crippen LogP contribution in [0.25, 0.3) is 0 Å². The first-order valence-corrected chi connectivity index (χ1v) is 9.17. The molecule has 1 saturated heterocycles. The van der Waals surface area contributed by atoms with Crippen LogP contribution < -0.4 is 5.32 Å². The minimum absolute atomic E-state index is 0.0579. The molecule has 3 rings (SSSR count). The van der Waals surface area contributed by atoms with Gasteiger partial charge in [0, 0.05) is 25.3 Å². The van der Waals surface area contributed by atoms with Crippen LogP contribution >= 0.6 is 0 Å². The summed E-state index contributed by atoms with van der Waals surface area (Å²) in [6.45, 7) is 0.700. The zero-order valence-corrected chi connectivity index (χ0v) is 15.3. The van der Waals surface area contributed by atoms with Gasteiger partial charge < -0.3 is 14.8 Å². The average Bonchev–Trinajstić information content (AvgIpc) is 2.99. The minimum Gasteiger partial charge on any atom is -0.383 e. The van der Waals surface area contributed by atoms with Crippen LogP contribution in [0.1, 0.15) is 42.5 Å². The number of nitrogens with one attached hydrogen (secondary N) is 1. The zero-order chi connectivity index (χ0) is 19.4. The van der Waals surface area contributed by atoms with E-state index < -0.39 is 29.3 Å². The molecule has 27 heavy (non-hydrogen) atoms. The van der Waals surface area contributed by atoms with Gasteiger partial charge in [0.2, 0.25) is 5.91 Å². The van der Waals surface area contributed by atoms with Crippen molar-refractivity contribution in [2.75, 3.05) is 26.9 Å². The lowest BCUT2D eigenvalue weighted by Gasteiger charge is -2.41. The molecule has 1 atom stereocenters. The van der Waals surface area contributed by atoms with Gasteiger partial charge in [-0.15, -0.1) is 0 Å². The normalized spacial score (nSPS) is 21.4. The first kappa shape index (κ1) is 19.7. The molecule has 1 unspecified atom stereocenters. The molecule has 6 nitrogen and oxygen atoms in total. The quantitative estimate of drug-likeness (QED) is 0.793. The van der Waals surface area contributed by atoms with E-state index in [9.17, 15) is 18.4 Å². The molecular weight excluding hydrogens is 358 g/mol. The van der Waals surface area contributed by atoms with Gasteiger partial charge in [-0.1, -0.05) is 6.42 Å². The van der Waals surface area contributed by atoms with Crippen LogP contribution in [0.2, 0.25) is 0 Å². The highest BCUT2D eigenvalue weighted by Gasteiger charge is 2.53. The van der Waals surface area contributed by atoms with Crippen LogP contribution in [0.5, 0.6) is 0 Å². The Balaban J connectivity index is 1.90. The van der Waals surface area contributed by atoms with E-state index in [1.54, 1.807) is 0 Å². The number of rotatable bonds is 5. The van der Waals surface area contributed by atoms with Crippen LogP contribution in [0.15, 0.2) is 18.2 Å². The number of hydrogen-bond donors (Lipinski definition) is 1. The molecule has 1 aromatic carbocycles. The molecule has 2 amide bonds. The second-order valence-electron chi connectivity index (χ2n) is 6.95. The fourth-order valence-corrected chi connectivity index (χ4v) is 3.88. The van der Waals surface area contributed by atoms with E-state index >= 15 is 0 Å². The van der Waals surface area contributed by atoms with Gasteiger partial charge in [-0.3, -0.25) is 14.5 Å². The summed E-state index contributed by atoms with van der Waals surface area (Å²) in [6.07, 6.45) is 3.93. The number of carbonyl (C=O) groups excluding carboxylic acids is 2. The van der Waals surface area contributed by atoms with Crippen LogP contribution in [-0.2, 0) is 14.3 Å². The number of ether oxygens (including phenoxy) is 2. The molecule has 1 heterocycles. The number of methoxy groups -OCH3 is 1. The Bertz CT molecular complexity index is 687. The molecule has 1 N–H and O–H groups in total. The van der Waals surface area contributed by atoms with Gasteiger partial charge >= 0.3 is 0 Å². The maximum absolute atomic E-state index is 13.6. The van der Waals surface area contributed by atoms with E-state index in [1.807, 2.05) is 0 Å². The molecule has 0 radical (unpaired) electrons. The van der Waals surface area contributed by atoms with Crippen LogP contribution in [0.4, 0.5) is 8.78 Å². The molecule has 1 spiro atoms. The predicted molar refractivity (Wildman–Crippen MR) is 93.0 cm³/mol. The van der Waals surface area contributed by atoms with Crippen molar-refractivity contribution in [2.24, 2.45) is 0 Å². The van der Waals surface area contributed by atoms with E-state index in [4.69, 9.17) is 9.47 Å². The van der Waals surface area contributed by atoms with E-state index in [0.29, 0.717) is 32.1 Å². The Morgan fingerprint density at radius 2 is 1.89 bits per heavy atom. The van der Waals surface area contributed by atoms with Crippen molar-refractivity contribution < 1.29 is 27.8 Å². The Morgan fingerprint density at radius 3 is 2.52 bits per heavy atom. The topological polar surface area (TPSA) is 67.9 Å². The number of amides is 2. The molecule has 2 aliphatic rings. The van der Waals surface area contributed by atoms with Gasteiger partial charge in [0.25, 0.3) is 5.91 Å². The summed E-state index contributed by atoms with van der Waals surface area (Å²) in [5.74, 6) is -2.63. The SMILES string of the molecule is COCCNC(=O)C1COC2(CCCCC2)N1C(=O)c1cc(F)cc(F)c1. The third kappa shape index (κ3) is 4.11. The molecule has 1 aliphatic heterocycles. The second kappa shape index (κ2) is 8.31. The van der Waals surface area contributed by atoms with Crippen molar-refractivity contribution in [2.45, 2.75) is 43.9 Å². The van der Waals surface area contributed by atoms with E-state index in [-0.39, 0.29) is 18.1 Å². The lowest BCUT2D eigenvalue weighted by atomic mass is 9.89. The highest BCUT2D eigenvalue weighted by molar-refractivity contribution is 5.98. The summed E-state index contributed by atoms with van der Waals surface area (Å²) in [4.78, 5) is 27.2. The second-order valence-corrected chi connectivity index (χ2v) is 6.95. The number of carbonyl (C=O) groups is 2. The van der Waals surface area contributed by atoms with Gasteiger partial charge in [0.15, 0.2) is 0 Å². The molecule has 148 valence electrons. The summed E-state index contributed by atoms with van der Waals surface area (Å²) in [5.41, 5.74) is -1.03. The maximum Gasteiger partial charge on any atom is 0.257 e. The molecule has 0 bridgehead atoms. The lowest BCUT2D eigenvalue weighted by molar-refractivity contribution is -0.127. The lowest BCUT2D eigenvalue weighted by Crippen LogP contribution is -2.56. The van der Waals surface area contributed by atoms with Gasteiger partial charge in [-0.2, -0.15) is 0 Å². The Hall–Kier alpha value is -2.06. The summed E-state index contributed by atoms with van der Waals surface area (Å²) in [7, 11) is 1.52. The van der Waals surface area contributed by atoms with Crippen LogP contribution in [-0.4, -0.2) is 55.3 Å². The summed E-state index contributed by atoms with van der Waals surface area (Å²) >= 11 is 0. The smallest absolute Gasteiger partial charge is 0.257 e. The molecule has 2 fully saturated rings. The zero-order valence-electron chi connectivity index (χ0n) is 15.3. The Labute approximate surface area is 156 Å². The first-order chi connectivity index (χ1) is 13.0. The largest absolute Gasteiger partial charge is 0.383 e. The molecule has 0 aromatic heterocycles. The molecule has 1 saturated carbocycles. The molecule has 8 heteroatoms. The van der Waals surface area contributed by atoms with Gasteiger partial charge in [0.05, 0.1) is 13.2 Å². The number of halogens is 2. The molecular formula is C19H24F2N2O4. The fraction of sp³-hybridized carbons (Fsp3) is 0.579. The van der Waals surface area contributed by atoms with Gasteiger partial charge in [-0.05, 0) is 37.8 Å². The van der Waals surface area contributed by atoms with E-state index in [2.05, 4.69) is 5.32 Å². The standard InChI is InChI=1S/C19H24F2N2O4/c1-26-8-7-22-17(24)16-12-27-19(5-3-2-4-6-19)23(16)18(25)13-9-14(20)11-15(21)10-13/h9-11,16H,2-8,12H2,1H3,(H,22,24). The van der Waals surface area contributed by atoms with Crippen molar-refractivity contribution in [3.63, 3.8) is 0 Å². The number of benzene rings is 1. The fourth-order valence-electron chi connectivity index (χ4n) is 3.88. The Morgan fingerprint density at radius 1 is 1.22 bits per heavy atom. The first-order valence-electron chi connectivity index (χ1n) is 9.17. The summed E-state index contributed by atoms with van der Waals surface area (Å²) in [6, 6.07) is 1.84. The summed E-state index contributed by atoms with van der Waals surface area (Å²) in [5, 5.41) is 2.72. The van der Waals surface area contributed by atoms with Crippen LogP contribution in [0.3, 0.4) is 0 Å².